The van der Waals surface area contributed by atoms with Crippen molar-refractivity contribution < 1.29 is 23.7 Å². The topological polar surface area (TPSA) is 137 Å². The van der Waals surface area contributed by atoms with E-state index >= 15 is 0 Å². The molecular weight excluding hydrogens is 505 g/mol. The van der Waals surface area contributed by atoms with E-state index in [0.717, 1.165) is 36.1 Å². The zero-order valence-corrected chi connectivity index (χ0v) is 21.7. The molecule has 2 aliphatic carbocycles. The molecule has 0 bridgehead atoms. The van der Waals surface area contributed by atoms with Crippen molar-refractivity contribution >= 4 is 37.1 Å². The molecule has 2 heterocycles. The summed E-state index contributed by atoms with van der Waals surface area (Å²) in [4.78, 5) is 42.7. The van der Waals surface area contributed by atoms with Crippen molar-refractivity contribution in [1.29, 1.82) is 0 Å². The van der Waals surface area contributed by atoms with Gasteiger partial charge in [0.1, 0.15) is 11.4 Å². The van der Waals surface area contributed by atoms with E-state index in [-0.39, 0.29) is 11.9 Å². The van der Waals surface area contributed by atoms with Crippen LogP contribution in [0.4, 0.5) is 11.8 Å². The number of anilines is 2. The maximum Gasteiger partial charge on any atom is 0.469 e. The van der Waals surface area contributed by atoms with E-state index in [1.165, 1.54) is 6.42 Å². The lowest BCUT2D eigenvalue weighted by Crippen LogP contribution is -2.39. The number of nitrogens with one attached hydrogen (secondary N) is 2. The van der Waals surface area contributed by atoms with Crippen LogP contribution in [-0.2, 0) is 15.6 Å². The van der Waals surface area contributed by atoms with Crippen LogP contribution in [0.1, 0.15) is 53.6 Å². The van der Waals surface area contributed by atoms with Gasteiger partial charge in [0.15, 0.2) is 0 Å². The largest absolute Gasteiger partial charge is 0.469 e. The van der Waals surface area contributed by atoms with Crippen LogP contribution in [-0.4, -0.2) is 50.9 Å². The summed E-state index contributed by atoms with van der Waals surface area (Å²) in [6.45, 7) is 4.30. The minimum Gasteiger partial charge on any atom is -0.365 e. The first-order chi connectivity index (χ1) is 17.1. The molecule has 1 amide bonds. The maximum atomic E-state index is 13.2. The van der Waals surface area contributed by atoms with Crippen molar-refractivity contribution in [3.05, 3.63) is 46.1 Å². The standard InChI is InChI=1S/C24H31ClN5O5P/c1-14-2-3-15(8-21(14)25)10-26-22-20(11-27-24(29-22)30-12-16-9-17(16)13-30)23(31)28-18-4-6-19(7-5-18)35-36(32,33)34/h2-3,8,11,16-19H,4-7,9-10,12-13H2,1H3,(H,28,31)(H,26,27,29)(H2,32,33,34)/t16?,17?,18-,19-. The summed E-state index contributed by atoms with van der Waals surface area (Å²) in [5, 5.41) is 7.03. The second-order valence-electron chi connectivity index (χ2n) is 10.1. The van der Waals surface area contributed by atoms with Crippen LogP contribution in [0.25, 0.3) is 0 Å². The number of benzene rings is 1. The van der Waals surface area contributed by atoms with E-state index < -0.39 is 13.9 Å². The van der Waals surface area contributed by atoms with Gasteiger partial charge in [-0.25, -0.2) is 9.55 Å². The summed E-state index contributed by atoms with van der Waals surface area (Å²) < 4.78 is 15.9. The third-order valence-electron chi connectivity index (χ3n) is 7.27. The lowest BCUT2D eigenvalue weighted by Gasteiger charge is -2.29. The Hall–Kier alpha value is -2.23. The van der Waals surface area contributed by atoms with Gasteiger partial charge in [-0.15, -0.1) is 0 Å². The molecule has 36 heavy (non-hydrogen) atoms. The first kappa shape index (κ1) is 25.4. The van der Waals surface area contributed by atoms with Crippen LogP contribution >= 0.6 is 19.4 Å². The summed E-state index contributed by atoms with van der Waals surface area (Å²) in [6, 6.07) is 5.73. The summed E-state index contributed by atoms with van der Waals surface area (Å²) in [7, 11) is -4.51. The van der Waals surface area contributed by atoms with E-state index in [4.69, 9.17) is 30.9 Å². The normalized spacial score (nSPS) is 25.4. The number of hydrogen-bond acceptors (Lipinski definition) is 7. The van der Waals surface area contributed by atoms with Crippen molar-refractivity contribution in [2.75, 3.05) is 23.3 Å². The number of amides is 1. The van der Waals surface area contributed by atoms with Crippen LogP contribution in [0.15, 0.2) is 24.4 Å². The van der Waals surface area contributed by atoms with Gasteiger partial charge in [0, 0.05) is 36.9 Å². The molecule has 3 fully saturated rings. The molecule has 10 nitrogen and oxygen atoms in total. The van der Waals surface area contributed by atoms with Crippen LogP contribution < -0.4 is 15.5 Å². The van der Waals surface area contributed by atoms with E-state index in [1.807, 2.05) is 25.1 Å². The molecule has 2 saturated carbocycles. The quantitative estimate of drug-likeness (QED) is 0.373. The van der Waals surface area contributed by atoms with Gasteiger partial charge < -0.3 is 25.3 Å². The van der Waals surface area contributed by atoms with Crippen molar-refractivity contribution in [3.63, 3.8) is 0 Å². The first-order valence-electron chi connectivity index (χ1n) is 12.3. The Bertz CT molecular complexity index is 1180. The third kappa shape index (κ3) is 6.18. The van der Waals surface area contributed by atoms with Crippen LogP contribution in [0.3, 0.4) is 0 Å². The van der Waals surface area contributed by atoms with Crippen molar-refractivity contribution in [2.24, 2.45) is 11.8 Å². The molecule has 2 aromatic rings. The molecule has 0 spiro atoms. The van der Waals surface area contributed by atoms with Gasteiger partial charge in [-0.05, 0) is 68.1 Å². The van der Waals surface area contributed by atoms with E-state index in [9.17, 15) is 9.36 Å². The molecule has 1 aromatic heterocycles. The second kappa shape index (κ2) is 10.3. The van der Waals surface area contributed by atoms with E-state index in [0.29, 0.717) is 54.6 Å². The molecule has 3 aliphatic rings. The Morgan fingerprint density at radius 1 is 1.22 bits per heavy atom. The Kier molecular flexibility index (Phi) is 7.25. The zero-order chi connectivity index (χ0) is 25.4. The number of fused-ring (bicyclic) bond motifs is 1. The van der Waals surface area contributed by atoms with Crippen LogP contribution in [0, 0.1) is 18.8 Å². The number of rotatable bonds is 8. The van der Waals surface area contributed by atoms with Gasteiger partial charge in [0.05, 0.1) is 6.10 Å². The number of nitrogens with zero attached hydrogens (tertiary/aromatic N) is 3. The third-order valence-corrected chi connectivity index (χ3v) is 8.25. The Balaban J connectivity index is 1.28. The van der Waals surface area contributed by atoms with E-state index in [1.54, 1.807) is 6.20 Å². The van der Waals surface area contributed by atoms with Gasteiger partial charge >= 0.3 is 7.82 Å². The van der Waals surface area contributed by atoms with Gasteiger partial charge in [0.2, 0.25) is 5.95 Å². The maximum absolute atomic E-state index is 13.2. The highest BCUT2D eigenvalue weighted by Gasteiger charge is 2.46. The summed E-state index contributed by atoms with van der Waals surface area (Å²) in [5.41, 5.74) is 2.33. The number of aromatic nitrogens is 2. The molecule has 1 aromatic carbocycles. The SMILES string of the molecule is Cc1ccc(CNc2nc(N3CC4CC4C3)ncc2C(=O)N[C@H]2CC[C@H](OP(=O)(O)O)CC2)cc1Cl. The molecule has 0 radical (unpaired) electrons. The minimum absolute atomic E-state index is 0.122. The first-order valence-corrected chi connectivity index (χ1v) is 14.2. The fourth-order valence-corrected chi connectivity index (χ4v) is 5.89. The molecule has 2 unspecified atom stereocenters. The number of piperidine rings is 1. The summed E-state index contributed by atoms with van der Waals surface area (Å²) in [5.74, 6) is 2.26. The average Bonchev–Trinajstić information content (AvgIpc) is 3.44. The highest BCUT2D eigenvalue weighted by molar-refractivity contribution is 7.46. The smallest absolute Gasteiger partial charge is 0.365 e. The van der Waals surface area contributed by atoms with Crippen molar-refractivity contribution in [3.8, 4) is 0 Å². The highest BCUT2D eigenvalue weighted by atomic mass is 35.5. The molecule has 12 heteroatoms. The predicted octanol–water partition coefficient (Wildman–Crippen LogP) is 3.66. The second-order valence-corrected chi connectivity index (χ2v) is 11.7. The van der Waals surface area contributed by atoms with Crippen LogP contribution in [0.2, 0.25) is 5.02 Å². The van der Waals surface area contributed by atoms with Crippen molar-refractivity contribution in [1.82, 2.24) is 15.3 Å². The molecule has 2 atom stereocenters. The highest BCUT2D eigenvalue weighted by Crippen LogP contribution is 2.45. The van der Waals surface area contributed by atoms with Crippen LogP contribution in [0.5, 0.6) is 0 Å². The lowest BCUT2D eigenvalue weighted by molar-refractivity contribution is 0.0820. The Labute approximate surface area is 215 Å². The van der Waals surface area contributed by atoms with Crippen molar-refractivity contribution in [2.45, 2.75) is 57.7 Å². The van der Waals surface area contributed by atoms with Gasteiger partial charge in [-0.3, -0.25) is 9.32 Å². The summed E-state index contributed by atoms with van der Waals surface area (Å²) in [6.07, 6.45) is 4.40. The number of aryl methyl sites for hydroxylation is 1. The molecule has 1 aliphatic heterocycles. The molecule has 194 valence electrons. The summed E-state index contributed by atoms with van der Waals surface area (Å²) >= 11 is 6.28. The van der Waals surface area contributed by atoms with Gasteiger partial charge in [-0.1, -0.05) is 23.7 Å². The molecule has 1 saturated heterocycles. The minimum atomic E-state index is -4.51. The number of hydrogen-bond donors (Lipinski definition) is 4. The molecule has 4 N–H and O–H groups in total. The number of phosphoric acid groups is 1. The Morgan fingerprint density at radius 2 is 1.94 bits per heavy atom. The molecular formula is C24H31ClN5O5P. The number of carbonyl (C=O) groups excluding carboxylic acids is 1. The number of phosphoric ester groups is 1. The zero-order valence-electron chi connectivity index (χ0n) is 20.1. The fourth-order valence-electron chi connectivity index (χ4n) is 5.09. The fraction of sp³-hybridized carbons (Fsp3) is 0.542. The monoisotopic (exact) mass is 535 g/mol. The average molecular weight is 536 g/mol. The lowest BCUT2D eigenvalue weighted by atomic mass is 9.93. The molecule has 5 rings (SSSR count). The van der Waals surface area contributed by atoms with Gasteiger partial charge in [0.25, 0.3) is 5.91 Å². The number of carbonyl (C=O) groups is 1. The Morgan fingerprint density at radius 3 is 2.61 bits per heavy atom. The predicted molar refractivity (Wildman–Crippen MR) is 136 cm³/mol. The van der Waals surface area contributed by atoms with Gasteiger partial charge in [-0.2, -0.15) is 4.98 Å². The number of halogens is 1. The van der Waals surface area contributed by atoms with E-state index in [2.05, 4.69) is 20.5 Å².